The quantitative estimate of drug-likeness (QED) is 0.852. The molecule has 3 aliphatic rings. The summed E-state index contributed by atoms with van der Waals surface area (Å²) in [7, 11) is 0. The molecule has 1 aliphatic carbocycles. The Labute approximate surface area is 142 Å². The third-order valence-corrected chi connectivity index (χ3v) is 5.22. The molecule has 1 saturated carbocycles. The van der Waals surface area contributed by atoms with Gasteiger partial charge in [-0.15, -0.1) is 0 Å². The molecule has 3 unspecified atom stereocenters. The second-order valence-corrected chi connectivity index (χ2v) is 7.02. The second-order valence-electron chi connectivity index (χ2n) is 6.58. The number of hydrogen-bond donors (Lipinski definition) is 1. The molecule has 1 aromatic rings. The molecular weight excluding hydrogens is 312 g/mol. The standard InChI is InChI=1S/C18H23ClN2O2/c19-12-3-5-15-14(10-12)16(2-1-7-20-15)21-13-4-6-17-18(11-13)23-9-8-22-17/h3,5,10,13,17-18,20H,1-2,4,6-9,11H2. The number of halogens is 1. The van der Waals surface area contributed by atoms with Crippen LogP contribution in [0, 0.1) is 0 Å². The lowest BCUT2D eigenvalue weighted by Crippen LogP contribution is -2.44. The van der Waals surface area contributed by atoms with E-state index in [-0.39, 0.29) is 12.2 Å². The van der Waals surface area contributed by atoms with E-state index in [1.807, 2.05) is 12.1 Å². The van der Waals surface area contributed by atoms with Crippen LogP contribution in [-0.2, 0) is 9.47 Å². The molecule has 2 fully saturated rings. The third kappa shape index (κ3) is 3.39. The molecular formula is C18H23ClN2O2. The molecule has 23 heavy (non-hydrogen) atoms. The predicted octanol–water partition coefficient (Wildman–Crippen LogP) is 3.67. The van der Waals surface area contributed by atoms with Crippen molar-refractivity contribution < 1.29 is 9.47 Å². The van der Waals surface area contributed by atoms with Crippen molar-refractivity contribution in [3.63, 3.8) is 0 Å². The average molecular weight is 335 g/mol. The van der Waals surface area contributed by atoms with Crippen molar-refractivity contribution in [3.8, 4) is 0 Å². The van der Waals surface area contributed by atoms with Crippen molar-refractivity contribution >= 4 is 23.0 Å². The van der Waals surface area contributed by atoms with E-state index in [1.165, 1.54) is 5.71 Å². The third-order valence-electron chi connectivity index (χ3n) is 4.99. The first kappa shape index (κ1) is 15.4. The Morgan fingerprint density at radius 3 is 2.91 bits per heavy atom. The van der Waals surface area contributed by atoms with E-state index in [4.69, 9.17) is 26.1 Å². The molecule has 1 saturated heterocycles. The molecule has 0 aromatic heterocycles. The minimum Gasteiger partial charge on any atom is -0.384 e. The summed E-state index contributed by atoms with van der Waals surface area (Å²) in [5, 5.41) is 4.25. The van der Waals surface area contributed by atoms with E-state index in [1.54, 1.807) is 0 Å². The van der Waals surface area contributed by atoms with Gasteiger partial charge in [0.2, 0.25) is 0 Å². The highest BCUT2D eigenvalue weighted by Crippen LogP contribution is 2.31. The molecule has 0 spiro atoms. The summed E-state index contributed by atoms with van der Waals surface area (Å²) in [6.45, 7) is 2.44. The SMILES string of the molecule is Clc1ccc2c(c1)C(=NC1CCC3OCCOC3C1)CCCN2. The van der Waals surface area contributed by atoms with Crippen molar-refractivity contribution in [1.29, 1.82) is 0 Å². The summed E-state index contributed by atoms with van der Waals surface area (Å²) in [4.78, 5) is 5.11. The molecule has 1 aromatic carbocycles. The molecule has 2 heterocycles. The van der Waals surface area contributed by atoms with E-state index < -0.39 is 0 Å². The molecule has 3 atom stereocenters. The number of fused-ring (bicyclic) bond motifs is 2. The zero-order valence-corrected chi connectivity index (χ0v) is 14.0. The highest BCUT2D eigenvalue weighted by Gasteiger charge is 2.34. The maximum atomic E-state index is 6.21. The zero-order chi connectivity index (χ0) is 15.6. The molecule has 0 amide bonds. The molecule has 1 N–H and O–H groups in total. The molecule has 2 aliphatic heterocycles. The Morgan fingerprint density at radius 1 is 1.13 bits per heavy atom. The van der Waals surface area contributed by atoms with E-state index >= 15 is 0 Å². The van der Waals surface area contributed by atoms with Gasteiger partial charge in [0.05, 0.1) is 31.5 Å². The molecule has 5 heteroatoms. The summed E-state index contributed by atoms with van der Waals surface area (Å²) < 4.78 is 11.7. The lowest BCUT2D eigenvalue weighted by Gasteiger charge is -2.37. The van der Waals surface area contributed by atoms with Gasteiger partial charge in [-0.2, -0.15) is 0 Å². The Bertz CT molecular complexity index is 605. The van der Waals surface area contributed by atoms with E-state index in [9.17, 15) is 0 Å². The fourth-order valence-corrected chi connectivity index (χ4v) is 4.01. The van der Waals surface area contributed by atoms with Crippen molar-refractivity contribution in [2.24, 2.45) is 4.99 Å². The molecule has 4 nitrogen and oxygen atoms in total. The molecule has 4 rings (SSSR count). The Balaban J connectivity index is 1.57. The number of nitrogens with zero attached hydrogens (tertiary/aromatic N) is 1. The molecule has 0 bridgehead atoms. The maximum absolute atomic E-state index is 6.21. The summed E-state index contributed by atoms with van der Waals surface area (Å²) in [6, 6.07) is 6.38. The van der Waals surface area contributed by atoms with Crippen molar-refractivity contribution in [2.45, 2.75) is 50.4 Å². The van der Waals surface area contributed by atoms with Gasteiger partial charge in [0, 0.05) is 28.5 Å². The minimum absolute atomic E-state index is 0.217. The van der Waals surface area contributed by atoms with Crippen LogP contribution in [0.5, 0.6) is 0 Å². The number of anilines is 1. The van der Waals surface area contributed by atoms with Crippen LogP contribution in [0.25, 0.3) is 0 Å². The van der Waals surface area contributed by atoms with Crippen molar-refractivity contribution in [1.82, 2.24) is 0 Å². The topological polar surface area (TPSA) is 42.9 Å². The lowest BCUT2D eigenvalue weighted by molar-refractivity contribution is -0.156. The van der Waals surface area contributed by atoms with Gasteiger partial charge in [-0.05, 0) is 50.3 Å². The van der Waals surface area contributed by atoms with Crippen molar-refractivity contribution in [2.75, 3.05) is 25.1 Å². The summed E-state index contributed by atoms with van der Waals surface area (Å²) in [5.41, 5.74) is 3.50. The highest BCUT2D eigenvalue weighted by atomic mass is 35.5. The first-order chi connectivity index (χ1) is 11.3. The fourth-order valence-electron chi connectivity index (χ4n) is 3.84. The van der Waals surface area contributed by atoms with Crippen LogP contribution in [0.2, 0.25) is 5.02 Å². The first-order valence-corrected chi connectivity index (χ1v) is 9.01. The van der Waals surface area contributed by atoms with E-state index in [0.29, 0.717) is 12.6 Å². The second kappa shape index (κ2) is 6.80. The Hall–Kier alpha value is -1.10. The summed E-state index contributed by atoms with van der Waals surface area (Å²) in [6.07, 6.45) is 5.69. The van der Waals surface area contributed by atoms with Gasteiger partial charge in [-0.25, -0.2) is 0 Å². The molecule has 0 radical (unpaired) electrons. The number of hydrogen-bond acceptors (Lipinski definition) is 4. The van der Waals surface area contributed by atoms with Crippen LogP contribution in [0.4, 0.5) is 5.69 Å². The lowest BCUT2D eigenvalue weighted by atomic mass is 9.89. The van der Waals surface area contributed by atoms with Gasteiger partial charge < -0.3 is 14.8 Å². The maximum Gasteiger partial charge on any atom is 0.0858 e. The number of ether oxygens (including phenoxy) is 2. The van der Waals surface area contributed by atoms with Crippen LogP contribution in [0.1, 0.15) is 37.7 Å². The van der Waals surface area contributed by atoms with Gasteiger partial charge in [-0.1, -0.05) is 11.6 Å². The first-order valence-electron chi connectivity index (χ1n) is 8.63. The normalized spacial score (nSPS) is 32.6. The van der Waals surface area contributed by atoms with Crippen LogP contribution in [0.15, 0.2) is 23.2 Å². The van der Waals surface area contributed by atoms with Crippen molar-refractivity contribution in [3.05, 3.63) is 28.8 Å². The van der Waals surface area contributed by atoms with Crippen LogP contribution < -0.4 is 5.32 Å². The van der Waals surface area contributed by atoms with Gasteiger partial charge >= 0.3 is 0 Å². The van der Waals surface area contributed by atoms with Gasteiger partial charge in [0.15, 0.2) is 0 Å². The fraction of sp³-hybridized carbons (Fsp3) is 0.611. The summed E-state index contributed by atoms with van der Waals surface area (Å²) in [5.74, 6) is 0. The zero-order valence-electron chi connectivity index (χ0n) is 13.3. The monoisotopic (exact) mass is 334 g/mol. The Morgan fingerprint density at radius 2 is 2.00 bits per heavy atom. The van der Waals surface area contributed by atoms with Gasteiger partial charge in [0.25, 0.3) is 0 Å². The number of rotatable bonds is 1. The van der Waals surface area contributed by atoms with E-state index in [0.717, 1.165) is 61.5 Å². The number of aliphatic imine (C=N–C) groups is 1. The van der Waals surface area contributed by atoms with Gasteiger partial charge in [0.1, 0.15) is 0 Å². The number of benzene rings is 1. The number of nitrogens with one attached hydrogen (secondary N) is 1. The van der Waals surface area contributed by atoms with E-state index in [2.05, 4.69) is 11.4 Å². The minimum atomic E-state index is 0.217. The molecule has 124 valence electrons. The van der Waals surface area contributed by atoms with Gasteiger partial charge in [-0.3, -0.25) is 4.99 Å². The van der Waals surface area contributed by atoms with Crippen LogP contribution in [0.3, 0.4) is 0 Å². The highest BCUT2D eigenvalue weighted by molar-refractivity contribution is 6.31. The largest absolute Gasteiger partial charge is 0.384 e. The predicted molar refractivity (Wildman–Crippen MR) is 92.8 cm³/mol. The van der Waals surface area contributed by atoms with Crippen LogP contribution in [-0.4, -0.2) is 43.7 Å². The van der Waals surface area contributed by atoms with Crippen LogP contribution >= 0.6 is 11.6 Å². The smallest absolute Gasteiger partial charge is 0.0858 e. The average Bonchev–Trinajstić information content (AvgIpc) is 2.77. The Kier molecular flexibility index (Phi) is 4.56. The summed E-state index contributed by atoms with van der Waals surface area (Å²) >= 11 is 6.21.